The maximum atomic E-state index is 11.8. The molecule has 2 aromatic heterocycles. The van der Waals surface area contributed by atoms with Crippen LogP contribution in [-0.4, -0.2) is 36.2 Å². The molecule has 0 amide bonds. The lowest BCUT2D eigenvalue weighted by Gasteiger charge is -2.06. The van der Waals surface area contributed by atoms with E-state index in [1.807, 2.05) is 12.3 Å². The minimum Gasteiger partial charge on any atom is -0.374 e. The van der Waals surface area contributed by atoms with Gasteiger partial charge in [0.25, 0.3) is 6.43 Å². The number of anilines is 1. The van der Waals surface area contributed by atoms with E-state index >= 15 is 0 Å². The number of nitrogens with one attached hydrogen (secondary N) is 1. The normalized spacial score (nSPS) is 11.3. The molecule has 0 spiro atoms. The van der Waals surface area contributed by atoms with Gasteiger partial charge in [0, 0.05) is 6.54 Å². The zero-order valence-corrected chi connectivity index (χ0v) is 10.6. The van der Waals surface area contributed by atoms with E-state index in [0.717, 1.165) is 21.6 Å². The minimum absolute atomic E-state index is 0.222. The van der Waals surface area contributed by atoms with Crippen molar-refractivity contribution in [2.75, 3.05) is 25.1 Å². The number of aromatic nitrogens is 2. The first-order valence-corrected chi connectivity index (χ1v) is 6.35. The molecule has 7 heteroatoms. The van der Waals surface area contributed by atoms with Crippen molar-refractivity contribution in [2.24, 2.45) is 0 Å². The summed E-state index contributed by atoms with van der Waals surface area (Å²) >= 11 is 1.56. The van der Waals surface area contributed by atoms with Crippen molar-refractivity contribution in [2.45, 2.75) is 13.3 Å². The van der Waals surface area contributed by atoms with E-state index in [1.54, 1.807) is 11.3 Å². The molecule has 0 fully saturated rings. The molecule has 0 unspecified atom stereocenters. The number of hydrogen-bond acceptors (Lipinski definition) is 5. The molecule has 0 aliphatic rings. The summed E-state index contributed by atoms with van der Waals surface area (Å²) in [6, 6.07) is 0. The van der Waals surface area contributed by atoms with Gasteiger partial charge in [-0.05, 0) is 17.9 Å². The van der Waals surface area contributed by atoms with E-state index in [-0.39, 0.29) is 6.61 Å². The molecule has 1 N–H and O–H groups in total. The van der Waals surface area contributed by atoms with E-state index in [4.69, 9.17) is 4.74 Å². The monoisotopic (exact) mass is 273 g/mol. The topological polar surface area (TPSA) is 47.0 Å². The van der Waals surface area contributed by atoms with Crippen LogP contribution in [0.4, 0.5) is 14.6 Å². The molecule has 0 bridgehead atoms. The lowest BCUT2D eigenvalue weighted by Crippen LogP contribution is -2.13. The fourth-order valence-corrected chi connectivity index (χ4v) is 2.48. The number of fused-ring (bicyclic) bond motifs is 1. The molecule has 0 atom stereocenters. The van der Waals surface area contributed by atoms with Crippen molar-refractivity contribution in [1.82, 2.24) is 9.97 Å². The second kappa shape index (κ2) is 6.01. The molecule has 18 heavy (non-hydrogen) atoms. The van der Waals surface area contributed by atoms with Gasteiger partial charge in [-0.3, -0.25) is 0 Å². The number of aryl methyl sites for hydroxylation is 1. The third kappa shape index (κ3) is 3.11. The first kappa shape index (κ1) is 13.1. The average molecular weight is 273 g/mol. The second-order valence-corrected chi connectivity index (χ2v) is 4.59. The van der Waals surface area contributed by atoms with E-state index in [9.17, 15) is 8.78 Å². The molecule has 98 valence electrons. The average Bonchev–Trinajstić information content (AvgIpc) is 2.71. The van der Waals surface area contributed by atoms with Gasteiger partial charge >= 0.3 is 0 Å². The molecule has 0 radical (unpaired) electrons. The third-order valence-corrected chi connectivity index (χ3v) is 3.41. The molecular formula is C11H13F2N3OS. The maximum Gasteiger partial charge on any atom is 0.261 e. The van der Waals surface area contributed by atoms with Crippen LogP contribution in [0.3, 0.4) is 0 Å². The van der Waals surface area contributed by atoms with Gasteiger partial charge < -0.3 is 10.1 Å². The Morgan fingerprint density at radius 2 is 2.28 bits per heavy atom. The van der Waals surface area contributed by atoms with Gasteiger partial charge in [0.1, 0.15) is 18.8 Å². The molecule has 4 nitrogen and oxygen atoms in total. The Morgan fingerprint density at radius 3 is 3.06 bits per heavy atom. The zero-order valence-electron chi connectivity index (χ0n) is 9.82. The van der Waals surface area contributed by atoms with Gasteiger partial charge in [0.05, 0.1) is 16.8 Å². The largest absolute Gasteiger partial charge is 0.374 e. The molecule has 0 saturated carbocycles. The molecule has 0 aromatic carbocycles. The van der Waals surface area contributed by atoms with Crippen LogP contribution in [0.2, 0.25) is 0 Å². The summed E-state index contributed by atoms with van der Waals surface area (Å²) in [6.07, 6.45) is -0.930. The number of halogens is 2. The Labute approximate surface area is 107 Å². The van der Waals surface area contributed by atoms with Crippen LogP contribution in [-0.2, 0) is 4.74 Å². The maximum absolute atomic E-state index is 11.8. The highest BCUT2D eigenvalue weighted by atomic mass is 32.1. The number of rotatable bonds is 6. The van der Waals surface area contributed by atoms with Crippen LogP contribution in [0, 0.1) is 6.92 Å². The van der Waals surface area contributed by atoms with E-state index in [1.165, 1.54) is 6.33 Å². The summed E-state index contributed by atoms with van der Waals surface area (Å²) in [4.78, 5) is 8.34. The summed E-state index contributed by atoms with van der Waals surface area (Å²) in [6.45, 7) is 2.12. The number of nitrogens with zero attached hydrogens (tertiary/aromatic N) is 2. The highest BCUT2D eigenvalue weighted by molar-refractivity contribution is 7.18. The number of ether oxygens (including phenoxy) is 1. The summed E-state index contributed by atoms with van der Waals surface area (Å²) in [5, 5.41) is 5.08. The summed E-state index contributed by atoms with van der Waals surface area (Å²) in [7, 11) is 0. The van der Waals surface area contributed by atoms with Gasteiger partial charge in [-0.1, -0.05) is 0 Å². The summed E-state index contributed by atoms with van der Waals surface area (Å²) in [5.74, 6) is 0.721. The minimum atomic E-state index is -2.42. The lowest BCUT2D eigenvalue weighted by molar-refractivity contribution is 0.0215. The predicted molar refractivity (Wildman–Crippen MR) is 67.5 cm³/mol. The quantitative estimate of drug-likeness (QED) is 0.822. The SMILES string of the molecule is Cc1csc2c(NCCOCC(F)F)ncnc12. The summed E-state index contributed by atoms with van der Waals surface area (Å²) in [5.41, 5.74) is 2.03. The van der Waals surface area contributed by atoms with Gasteiger partial charge in [0.2, 0.25) is 0 Å². The highest BCUT2D eigenvalue weighted by Gasteiger charge is 2.07. The van der Waals surface area contributed by atoms with Crippen LogP contribution in [0.25, 0.3) is 10.2 Å². The Morgan fingerprint density at radius 1 is 1.44 bits per heavy atom. The Bertz CT molecular complexity index is 518. The smallest absolute Gasteiger partial charge is 0.261 e. The first-order valence-electron chi connectivity index (χ1n) is 5.47. The van der Waals surface area contributed by atoms with Gasteiger partial charge in [0.15, 0.2) is 0 Å². The van der Waals surface area contributed by atoms with Crippen LogP contribution in [0.1, 0.15) is 5.56 Å². The highest BCUT2D eigenvalue weighted by Crippen LogP contribution is 2.28. The van der Waals surface area contributed by atoms with Crippen molar-refractivity contribution in [1.29, 1.82) is 0 Å². The standard InChI is InChI=1S/C11H13F2N3OS/c1-7-5-18-10-9(7)15-6-16-11(10)14-2-3-17-4-8(12)13/h5-6,8H,2-4H2,1H3,(H,14,15,16). The number of alkyl halides is 2. The molecule has 0 aliphatic carbocycles. The molecular weight excluding hydrogens is 260 g/mol. The first-order chi connectivity index (χ1) is 8.68. The zero-order chi connectivity index (χ0) is 13.0. The lowest BCUT2D eigenvalue weighted by atomic mass is 10.3. The Hall–Kier alpha value is -1.34. The Kier molecular flexibility index (Phi) is 4.38. The fourth-order valence-electron chi connectivity index (χ4n) is 1.51. The van der Waals surface area contributed by atoms with Crippen molar-refractivity contribution >= 4 is 27.4 Å². The summed E-state index contributed by atoms with van der Waals surface area (Å²) < 4.78 is 29.4. The van der Waals surface area contributed by atoms with E-state index in [0.29, 0.717) is 6.54 Å². The molecule has 2 heterocycles. The van der Waals surface area contributed by atoms with E-state index in [2.05, 4.69) is 15.3 Å². The van der Waals surface area contributed by atoms with Gasteiger partial charge in [-0.15, -0.1) is 11.3 Å². The molecule has 0 aliphatic heterocycles. The third-order valence-electron chi connectivity index (χ3n) is 2.31. The van der Waals surface area contributed by atoms with Crippen molar-refractivity contribution < 1.29 is 13.5 Å². The fraction of sp³-hybridized carbons (Fsp3) is 0.455. The van der Waals surface area contributed by atoms with E-state index < -0.39 is 13.0 Å². The molecule has 0 saturated heterocycles. The predicted octanol–water partition coefficient (Wildman–Crippen LogP) is 2.69. The van der Waals surface area contributed by atoms with Crippen molar-refractivity contribution in [3.05, 3.63) is 17.3 Å². The van der Waals surface area contributed by atoms with Gasteiger partial charge in [-0.2, -0.15) is 0 Å². The van der Waals surface area contributed by atoms with Crippen LogP contribution in [0.15, 0.2) is 11.7 Å². The second-order valence-electron chi connectivity index (χ2n) is 3.71. The number of thiophene rings is 1. The van der Waals surface area contributed by atoms with Crippen LogP contribution < -0.4 is 5.32 Å². The number of hydrogen-bond donors (Lipinski definition) is 1. The Balaban J connectivity index is 1.92. The van der Waals surface area contributed by atoms with Crippen LogP contribution >= 0.6 is 11.3 Å². The van der Waals surface area contributed by atoms with Gasteiger partial charge in [-0.25, -0.2) is 18.7 Å². The molecule has 2 aromatic rings. The van der Waals surface area contributed by atoms with Crippen molar-refractivity contribution in [3.63, 3.8) is 0 Å². The molecule has 2 rings (SSSR count). The van der Waals surface area contributed by atoms with Crippen molar-refractivity contribution in [3.8, 4) is 0 Å². The van der Waals surface area contributed by atoms with Crippen LogP contribution in [0.5, 0.6) is 0 Å².